The van der Waals surface area contributed by atoms with E-state index in [0.29, 0.717) is 22.4 Å². The number of fused-ring (bicyclic) bond motifs is 1. The van der Waals surface area contributed by atoms with Crippen molar-refractivity contribution in [1.82, 2.24) is 10.9 Å². The van der Waals surface area contributed by atoms with Gasteiger partial charge in [-0.05, 0) is 36.8 Å². The predicted molar refractivity (Wildman–Crippen MR) is 76.0 cm³/mol. The number of carbonyl (C=O) groups is 2. The van der Waals surface area contributed by atoms with Crippen LogP contribution in [0.3, 0.4) is 0 Å². The highest BCUT2D eigenvalue weighted by Gasteiger charge is 2.54. The number of hydrazine groups is 1. The number of carbonyl (C=O) groups excluding carboxylic acids is 2. The van der Waals surface area contributed by atoms with E-state index in [2.05, 4.69) is 10.9 Å². The van der Waals surface area contributed by atoms with Gasteiger partial charge in [0, 0.05) is 5.92 Å². The summed E-state index contributed by atoms with van der Waals surface area (Å²) in [5.41, 5.74) is 5.34. The van der Waals surface area contributed by atoms with Crippen molar-refractivity contribution in [2.45, 2.75) is 25.7 Å². The van der Waals surface area contributed by atoms with E-state index in [9.17, 15) is 9.59 Å². The van der Waals surface area contributed by atoms with Gasteiger partial charge in [0.1, 0.15) is 0 Å². The zero-order valence-corrected chi connectivity index (χ0v) is 11.8. The maximum absolute atomic E-state index is 12.0. The van der Waals surface area contributed by atoms with E-state index in [1.807, 2.05) is 0 Å². The molecule has 2 fully saturated rings. The molecule has 0 radical (unpaired) electrons. The fraction of sp³-hybridized carbons (Fsp3) is 0.467. The van der Waals surface area contributed by atoms with Crippen molar-refractivity contribution in [2.75, 3.05) is 0 Å². The molecule has 2 amide bonds. The molecule has 0 spiro atoms. The Balaban J connectivity index is 1.54. The van der Waals surface area contributed by atoms with E-state index >= 15 is 0 Å². The maximum atomic E-state index is 12.0. The summed E-state index contributed by atoms with van der Waals surface area (Å²) < 4.78 is 0. The van der Waals surface area contributed by atoms with Crippen molar-refractivity contribution in [1.29, 1.82) is 0 Å². The smallest absolute Gasteiger partial charge is 0.271 e. The molecule has 2 unspecified atom stereocenters. The molecular formula is C15H17ClN2O2. The average molecular weight is 293 g/mol. The highest BCUT2D eigenvalue weighted by molar-refractivity contribution is 6.33. The number of halogens is 1. The topological polar surface area (TPSA) is 58.2 Å². The molecule has 2 aliphatic rings. The Bertz CT molecular complexity index is 534. The third kappa shape index (κ3) is 2.52. The first-order valence-corrected chi connectivity index (χ1v) is 7.41. The van der Waals surface area contributed by atoms with Gasteiger partial charge in [-0.2, -0.15) is 0 Å². The Hall–Kier alpha value is -1.55. The highest BCUT2D eigenvalue weighted by atomic mass is 35.5. The third-order valence-corrected chi connectivity index (χ3v) is 4.71. The lowest BCUT2D eigenvalue weighted by Crippen LogP contribution is -2.43. The molecule has 2 N–H and O–H groups in total. The molecule has 0 aliphatic heterocycles. The van der Waals surface area contributed by atoms with Gasteiger partial charge in [-0.15, -0.1) is 0 Å². The molecular weight excluding hydrogens is 276 g/mol. The molecule has 0 heterocycles. The molecule has 1 aromatic rings. The van der Waals surface area contributed by atoms with E-state index in [-0.39, 0.29) is 17.7 Å². The summed E-state index contributed by atoms with van der Waals surface area (Å²) in [6.07, 6.45) is 4.72. The van der Waals surface area contributed by atoms with Crippen LogP contribution >= 0.6 is 11.6 Å². The lowest BCUT2D eigenvalue weighted by molar-refractivity contribution is -0.123. The van der Waals surface area contributed by atoms with E-state index < -0.39 is 0 Å². The number of hydrogen-bond donors (Lipinski definition) is 2. The van der Waals surface area contributed by atoms with Gasteiger partial charge >= 0.3 is 0 Å². The quantitative estimate of drug-likeness (QED) is 0.823. The summed E-state index contributed by atoms with van der Waals surface area (Å²) in [7, 11) is 0. The minimum atomic E-state index is -0.382. The number of nitrogens with one attached hydrogen (secondary N) is 2. The van der Waals surface area contributed by atoms with Crippen LogP contribution in [0.5, 0.6) is 0 Å². The second-order valence-corrected chi connectivity index (χ2v) is 5.97. The minimum absolute atomic E-state index is 0.0673. The van der Waals surface area contributed by atoms with Gasteiger partial charge in [-0.1, -0.05) is 36.6 Å². The van der Waals surface area contributed by atoms with Crippen molar-refractivity contribution >= 4 is 23.4 Å². The normalized spacial score (nSPS) is 27.4. The highest BCUT2D eigenvalue weighted by Crippen LogP contribution is 2.55. The number of benzene rings is 1. The largest absolute Gasteiger partial charge is 0.273 e. The molecule has 2 atom stereocenters. The maximum Gasteiger partial charge on any atom is 0.271 e. The van der Waals surface area contributed by atoms with E-state index in [4.69, 9.17) is 11.6 Å². The second-order valence-electron chi connectivity index (χ2n) is 5.56. The van der Waals surface area contributed by atoms with Gasteiger partial charge in [0.05, 0.1) is 10.6 Å². The summed E-state index contributed by atoms with van der Waals surface area (Å²) >= 11 is 5.94. The third-order valence-electron chi connectivity index (χ3n) is 4.38. The number of amides is 2. The summed E-state index contributed by atoms with van der Waals surface area (Å²) in [4.78, 5) is 24.0. The summed E-state index contributed by atoms with van der Waals surface area (Å²) in [6.45, 7) is 0. The van der Waals surface area contributed by atoms with Gasteiger partial charge in [0.2, 0.25) is 5.91 Å². The lowest BCUT2D eigenvalue weighted by atomic mass is 10.0. The van der Waals surface area contributed by atoms with Gasteiger partial charge in [-0.3, -0.25) is 20.4 Å². The van der Waals surface area contributed by atoms with Crippen LogP contribution in [0.15, 0.2) is 24.3 Å². The van der Waals surface area contributed by atoms with Crippen LogP contribution in [-0.4, -0.2) is 11.8 Å². The summed E-state index contributed by atoms with van der Waals surface area (Å²) in [5, 5.41) is 0.374. The van der Waals surface area contributed by atoms with Crippen LogP contribution in [0.2, 0.25) is 5.02 Å². The molecule has 2 aliphatic carbocycles. The minimum Gasteiger partial charge on any atom is -0.273 e. The van der Waals surface area contributed by atoms with Crippen LogP contribution < -0.4 is 10.9 Å². The van der Waals surface area contributed by atoms with Gasteiger partial charge in [-0.25, -0.2) is 0 Å². The van der Waals surface area contributed by atoms with E-state index in [1.165, 1.54) is 12.8 Å². The molecule has 0 saturated heterocycles. The Morgan fingerprint density at radius 2 is 1.70 bits per heavy atom. The standard InChI is InChI=1S/C15H17ClN2O2/c16-12-8-4-3-7-11(12)14(19)17-18-15(20)13-9-5-1-2-6-10(9)13/h3-4,7-10,13H,1-2,5-6H2,(H,17,19)(H,18,20). The molecule has 20 heavy (non-hydrogen) atoms. The second kappa shape index (κ2) is 5.44. The molecule has 0 bridgehead atoms. The lowest BCUT2D eigenvalue weighted by Gasteiger charge is -2.08. The van der Waals surface area contributed by atoms with Crippen molar-refractivity contribution in [3.8, 4) is 0 Å². The molecule has 2 saturated carbocycles. The molecule has 106 valence electrons. The van der Waals surface area contributed by atoms with Crippen LogP contribution in [0.25, 0.3) is 0 Å². The van der Waals surface area contributed by atoms with Crippen LogP contribution in [0.1, 0.15) is 36.0 Å². The molecule has 3 rings (SSSR count). The van der Waals surface area contributed by atoms with Gasteiger partial charge in [0.15, 0.2) is 0 Å². The van der Waals surface area contributed by atoms with Crippen molar-refractivity contribution in [3.63, 3.8) is 0 Å². The van der Waals surface area contributed by atoms with Crippen LogP contribution in [-0.2, 0) is 4.79 Å². The van der Waals surface area contributed by atoms with Crippen molar-refractivity contribution < 1.29 is 9.59 Å². The summed E-state index contributed by atoms with van der Waals surface area (Å²) in [5.74, 6) is 0.695. The predicted octanol–water partition coefficient (Wildman–Crippen LogP) is 2.54. The van der Waals surface area contributed by atoms with Crippen molar-refractivity contribution in [2.24, 2.45) is 17.8 Å². The SMILES string of the molecule is O=C(NNC(=O)C1C2CCCCC21)c1ccccc1Cl. The number of rotatable bonds is 2. The van der Waals surface area contributed by atoms with E-state index in [0.717, 1.165) is 12.8 Å². The zero-order valence-electron chi connectivity index (χ0n) is 11.1. The first-order valence-electron chi connectivity index (χ1n) is 7.03. The fourth-order valence-corrected chi connectivity index (χ4v) is 3.52. The van der Waals surface area contributed by atoms with Gasteiger partial charge < -0.3 is 0 Å². The van der Waals surface area contributed by atoms with E-state index in [1.54, 1.807) is 24.3 Å². The van der Waals surface area contributed by atoms with Crippen molar-refractivity contribution in [3.05, 3.63) is 34.9 Å². The molecule has 0 aromatic heterocycles. The first-order chi connectivity index (χ1) is 9.68. The monoisotopic (exact) mass is 292 g/mol. The summed E-state index contributed by atoms with van der Waals surface area (Å²) in [6, 6.07) is 6.76. The Morgan fingerprint density at radius 1 is 1.05 bits per heavy atom. The molecule has 1 aromatic carbocycles. The average Bonchev–Trinajstić information content (AvgIpc) is 3.19. The first kappa shape index (κ1) is 13.4. The fourth-order valence-electron chi connectivity index (χ4n) is 3.30. The Morgan fingerprint density at radius 3 is 2.35 bits per heavy atom. The molecule has 4 nitrogen and oxygen atoms in total. The van der Waals surface area contributed by atoms with Gasteiger partial charge in [0.25, 0.3) is 5.91 Å². The Labute approximate surface area is 122 Å². The molecule has 5 heteroatoms. The number of hydrogen-bond acceptors (Lipinski definition) is 2. The Kier molecular flexibility index (Phi) is 3.66. The van der Waals surface area contributed by atoms with Crippen LogP contribution in [0, 0.1) is 17.8 Å². The zero-order chi connectivity index (χ0) is 14.1. The van der Waals surface area contributed by atoms with Crippen LogP contribution in [0.4, 0.5) is 0 Å².